The Bertz CT molecular complexity index is 649. The number of carbonyl (C=O) groups excluding carboxylic acids is 1. The lowest BCUT2D eigenvalue weighted by Crippen LogP contribution is -2.24. The maximum atomic E-state index is 12.3. The fourth-order valence-corrected chi connectivity index (χ4v) is 3.63. The molecule has 0 unspecified atom stereocenters. The Hall–Kier alpha value is -1.74. The van der Waals surface area contributed by atoms with Gasteiger partial charge in [0.1, 0.15) is 0 Å². The van der Waals surface area contributed by atoms with E-state index in [0.717, 1.165) is 12.1 Å². The molecule has 1 aliphatic rings. The molecule has 0 aromatic heterocycles. The van der Waals surface area contributed by atoms with Crippen molar-refractivity contribution in [2.45, 2.75) is 30.4 Å². The molecule has 0 saturated heterocycles. The van der Waals surface area contributed by atoms with Crippen LogP contribution in [0.5, 0.6) is 0 Å². The molecular weight excluding hydrogens is 266 g/mol. The van der Waals surface area contributed by atoms with Gasteiger partial charge in [-0.15, -0.1) is 11.8 Å². The van der Waals surface area contributed by atoms with E-state index in [0.29, 0.717) is 0 Å². The Morgan fingerprint density at radius 3 is 2.55 bits per heavy atom. The van der Waals surface area contributed by atoms with Crippen molar-refractivity contribution in [3.63, 3.8) is 0 Å². The number of hydrogen-bond donors (Lipinski definition) is 1. The molecule has 20 heavy (non-hydrogen) atoms. The van der Waals surface area contributed by atoms with Crippen LogP contribution in [0.2, 0.25) is 0 Å². The number of thioether (sulfide) groups is 1. The lowest BCUT2D eigenvalue weighted by atomic mass is 10.1. The maximum absolute atomic E-state index is 12.3. The van der Waals surface area contributed by atoms with Gasteiger partial charge < -0.3 is 5.32 Å². The number of benzene rings is 2. The van der Waals surface area contributed by atoms with Gasteiger partial charge >= 0.3 is 0 Å². The van der Waals surface area contributed by atoms with Crippen LogP contribution in [0.1, 0.15) is 16.7 Å². The minimum atomic E-state index is -0.0203. The summed E-state index contributed by atoms with van der Waals surface area (Å²) in [6.45, 7) is 4.12. The summed E-state index contributed by atoms with van der Waals surface area (Å²) < 4.78 is 0. The van der Waals surface area contributed by atoms with Gasteiger partial charge in [0.15, 0.2) is 0 Å². The van der Waals surface area contributed by atoms with Crippen molar-refractivity contribution in [2.75, 3.05) is 5.32 Å². The number of hydrogen-bond acceptors (Lipinski definition) is 2. The Balaban J connectivity index is 1.69. The van der Waals surface area contributed by atoms with Crippen molar-refractivity contribution in [2.24, 2.45) is 0 Å². The summed E-state index contributed by atoms with van der Waals surface area (Å²) in [4.78, 5) is 13.6. The number of aryl methyl sites for hydroxylation is 2. The summed E-state index contributed by atoms with van der Waals surface area (Å²) in [6.07, 6.45) is 0.817. The molecule has 2 aromatic carbocycles. The first-order chi connectivity index (χ1) is 9.61. The number of amides is 1. The molecule has 1 amide bonds. The van der Waals surface area contributed by atoms with Crippen LogP contribution in [-0.4, -0.2) is 11.2 Å². The molecule has 0 saturated carbocycles. The van der Waals surface area contributed by atoms with Gasteiger partial charge in [-0.3, -0.25) is 4.79 Å². The Morgan fingerprint density at radius 2 is 1.80 bits per heavy atom. The molecule has 1 heterocycles. The molecule has 3 heteroatoms. The van der Waals surface area contributed by atoms with Crippen LogP contribution in [-0.2, 0) is 11.2 Å². The van der Waals surface area contributed by atoms with E-state index in [9.17, 15) is 4.79 Å². The van der Waals surface area contributed by atoms with Crippen molar-refractivity contribution in [1.82, 2.24) is 0 Å². The summed E-state index contributed by atoms with van der Waals surface area (Å²) in [6, 6.07) is 14.3. The van der Waals surface area contributed by atoms with Crippen molar-refractivity contribution in [1.29, 1.82) is 0 Å². The van der Waals surface area contributed by atoms with E-state index in [4.69, 9.17) is 0 Å². The van der Waals surface area contributed by atoms with Crippen LogP contribution in [0.3, 0.4) is 0 Å². The molecule has 0 spiro atoms. The number of fused-ring (bicyclic) bond motifs is 1. The first-order valence-corrected chi connectivity index (χ1v) is 7.63. The van der Waals surface area contributed by atoms with Gasteiger partial charge in [0.05, 0.1) is 5.25 Å². The fraction of sp³-hybridized carbons (Fsp3) is 0.235. The van der Waals surface area contributed by atoms with Crippen LogP contribution in [0.15, 0.2) is 47.4 Å². The molecule has 2 aromatic rings. The zero-order valence-electron chi connectivity index (χ0n) is 11.6. The third-order valence-electron chi connectivity index (χ3n) is 3.51. The summed E-state index contributed by atoms with van der Waals surface area (Å²) >= 11 is 1.67. The SMILES string of the molecule is Cc1ccc(NC(=O)[C@@H]2Cc3ccc(C)cc3S2)cc1. The normalized spacial score (nSPS) is 16.8. The average Bonchev–Trinajstić information content (AvgIpc) is 2.84. The first-order valence-electron chi connectivity index (χ1n) is 6.75. The minimum Gasteiger partial charge on any atom is -0.325 e. The van der Waals surface area contributed by atoms with E-state index >= 15 is 0 Å². The van der Waals surface area contributed by atoms with E-state index < -0.39 is 0 Å². The van der Waals surface area contributed by atoms with Crippen molar-refractivity contribution in [3.05, 3.63) is 59.2 Å². The second kappa shape index (κ2) is 5.33. The third-order valence-corrected chi connectivity index (χ3v) is 4.81. The van der Waals surface area contributed by atoms with Gasteiger partial charge in [-0.1, -0.05) is 35.4 Å². The standard InChI is InChI=1S/C17H17NOS/c1-11-4-7-14(8-5-11)18-17(19)16-10-13-6-3-12(2)9-15(13)20-16/h3-9,16H,10H2,1-2H3,(H,18,19)/t16-/m0/s1. The molecule has 2 nitrogen and oxygen atoms in total. The highest BCUT2D eigenvalue weighted by Crippen LogP contribution is 2.38. The Morgan fingerprint density at radius 1 is 1.10 bits per heavy atom. The number of anilines is 1. The highest BCUT2D eigenvalue weighted by Gasteiger charge is 2.28. The highest BCUT2D eigenvalue weighted by molar-refractivity contribution is 8.01. The molecule has 0 radical (unpaired) electrons. The van der Waals surface area contributed by atoms with Crippen LogP contribution in [0.25, 0.3) is 0 Å². The highest BCUT2D eigenvalue weighted by atomic mass is 32.2. The summed E-state index contributed by atoms with van der Waals surface area (Å²) in [5.74, 6) is 0.0905. The monoisotopic (exact) mass is 283 g/mol. The quantitative estimate of drug-likeness (QED) is 0.904. The van der Waals surface area contributed by atoms with E-state index in [-0.39, 0.29) is 11.2 Å². The van der Waals surface area contributed by atoms with E-state index in [1.807, 2.05) is 31.2 Å². The van der Waals surface area contributed by atoms with Gasteiger partial charge in [0.25, 0.3) is 0 Å². The molecule has 0 fully saturated rings. The van der Waals surface area contributed by atoms with Crippen LogP contribution in [0.4, 0.5) is 5.69 Å². The molecule has 1 N–H and O–H groups in total. The Labute approximate surface area is 123 Å². The van der Waals surface area contributed by atoms with Gasteiger partial charge in [-0.05, 0) is 44.0 Å². The first kappa shape index (κ1) is 13.3. The molecule has 0 aliphatic carbocycles. The maximum Gasteiger partial charge on any atom is 0.238 e. The lowest BCUT2D eigenvalue weighted by Gasteiger charge is -2.10. The molecule has 0 bridgehead atoms. The van der Waals surface area contributed by atoms with E-state index in [1.54, 1.807) is 11.8 Å². The van der Waals surface area contributed by atoms with Crippen LogP contribution in [0, 0.1) is 13.8 Å². The van der Waals surface area contributed by atoms with Gasteiger partial charge in [-0.2, -0.15) is 0 Å². The zero-order chi connectivity index (χ0) is 14.1. The number of carbonyl (C=O) groups is 1. The van der Waals surface area contributed by atoms with Crippen molar-refractivity contribution < 1.29 is 4.79 Å². The second-order valence-electron chi connectivity index (χ2n) is 5.28. The predicted octanol–water partition coefficient (Wildman–Crippen LogP) is 3.96. The van der Waals surface area contributed by atoms with Crippen LogP contribution >= 0.6 is 11.8 Å². The second-order valence-corrected chi connectivity index (χ2v) is 6.52. The Kier molecular flexibility index (Phi) is 3.53. The van der Waals surface area contributed by atoms with Gasteiger partial charge in [0.2, 0.25) is 5.91 Å². The van der Waals surface area contributed by atoms with Crippen molar-refractivity contribution in [3.8, 4) is 0 Å². The van der Waals surface area contributed by atoms with Gasteiger partial charge in [0, 0.05) is 10.6 Å². The van der Waals surface area contributed by atoms with Gasteiger partial charge in [-0.25, -0.2) is 0 Å². The zero-order valence-corrected chi connectivity index (χ0v) is 12.5. The number of nitrogens with one attached hydrogen (secondary N) is 1. The third kappa shape index (κ3) is 2.73. The molecule has 1 atom stereocenters. The molecular formula is C17H17NOS. The lowest BCUT2D eigenvalue weighted by molar-refractivity contribution is -0.115. The average molecular weight is 283 g/mol. The smallest absolute Gasteiger partial charge is 0.238 e. The topological polar surface area (TPSA) is 29.1 Å². The predicted molar refractivity (Wildman–Crippen MR) is 84.3 cm³/mol. The minimum absolute atomic E-state index is 0.0203. The number of rotatable bonds is 2. The molecule has 3 rings (SSSR count). The van der Waals surface area contributed by atoms with Crippen molar-refractivity contribution >= 4 is 23.4 Å². The molecule has 1 aliphatic heterocycles. The summed E-state index contributed by atoms with van der Waals surface area (Å²) in [5, 5.41) is 2.98. The summed E-state index contributed by atoms with van der Waals surface area (Å²) in [7, 11) is 0. The van der Waals surface area contributed by atoms with E-state index in [2.05, 4.69) is 30.4 Å². The van der Waals surface area contributed by atoms with E-state index in [1.165, 1.54) is 21.6 Å². The largest absolute Gasteiger partial charge is 0.325 e. The van der Waals surface area contributed by atoms with Crippen LogP contribution < -0.4 is 5.32 Å². The fourth-order valence-electron chi connectivity index (χ4n) is 2.34. The summed E-state index contributed by atoms with van der Waals surface area (Å²) in [5.41, 5.74) is 4.59. The molecule has 102 valence electrons.